The Morgan fingerprint density at radius 1 is 1.05 bits per heavy atom. The molecule has 2 aromatic carbocycles. The van der Waals surface area contributed by atoms with Gasteiger partial charge in [-0.3, -0.25) is 0 Å². The van der Waals surface area contributed by atoms with Gasteiger partial charge in [0.1, 0.15) is 12.4 Å². The summed E-state index contributed by atoms with van der Waals surface area (Å²) in [5.41, 5.74) is 7.43. The average Bonchev–Trinajstić information content (AvgIpc) is 2.45. The van der Waals surface area contributed by atoms with Gasteiger partial charge in [0.25, 0.3) is 0 Å². The van der Waals surface area contributed by atoms with Crippen LogP contribution in [0.5, 0.6) is 5.75 Å². The quantitative estimate of drug-likeness (QED) is 0.870. The van der Waals surface area contributed by atoms with Crippen molar-refractivity contribution in [2.45, 2.75) is 6.54 Å². The molecule has 2 N–H and O–H groups in total. The summed E-state index contributed by atoms with van der Waals surface area (Å²) in [6, 6.07) is 15.3. The maximum absolute atomic E-state index is 6.04. The van der Waals surface area contributed by atoms with Gasteiger partial charge in [0, 0.05) is 22.7 Å². The molecule has 0 heterocycles. The van der Waals surface area contributed by atoms with Gasteiger partial charge in [-0.2, -0.15) is 0 Å². The minimum atomic E-state index is 0.308. The normalized spacial score (nSPS) is 9.58. The molecule has 0 bridgehead atoms. The second kappa shape index (κ2) is 6.84. The highest BCUT2D eigenvalue weighted by atomic mass is 35.5. The monoisotopic (exact) mass is 271 g/mol. The summed E-state index contributed by atoms with van der Waals surface area (Å²) in [4.78, 5) is 0. The molecule has 0 fully saturated rings. The van der Waals surface area contributed by atoms with Gasteiger partial charge in [-0.1, -0.05) is 47.7 Å². The summed E-state index contributed by atoms with van der Waals surface area (Å²) in [6.45, 7) is 0.656. The summed E-state index contributed by atoms with van der Waals surface area (Å²) >= 11 is 6.04. The third kappa shape index (κ3) is 3.75. The van der Waals surface area contributed by atoms with Crippen molar-refractivity contribution >= 4 is 11.6 Å². The van der Waals surface area contributed by atoms with Crippen LogP contribution >= 0.6 is 11.6 Å². The van der Waals surface area contributed by atoms with E-state index < -0.39 is 0 Å². The molecule has 19 heavy (non-hydrogen) atoms. The van der Waals surface area contributed by atoms with Crippen LogP contribution in [0.2, 0.25) is 5.02 Å². The first-order valence-corrected chi connectivity index (χ1v) is 6.33. The van der Waals surface area contributed by atoms with E-state index in [1.54, 1.807) is 6.07 Å². The lowest BCUT2D eigenvalue weighted by Gasteiger charge is -2.08. The molecule has 0 atom stereocenters. The molecule has 0 amide bonds. The van der Waals surface area contributed by atoms with E-state index in [1.165, 1.54) is 0 Å². The minimum absolute atomic E-state index is 0.308. The summed E-state index contributed by atoms with van der Waals surface area (Å²) in [5.74, 6) is 6.68. The molecule has 0 aromatic heterocycles. The van der Waals surface area contributed by atoms with Gasteiger partial charge in [0.15, 0.2) is 0 Å². The molecule has 0 saturated heterocycles. The first-order chi connectivity index (χ1) is 9.31. The maximum atomic E-state index is 6.04. The molecule has 2 rings (SSSR count). The van der Waals surface area contributed by atoms with Crippen LogP contribution in [0.25, 0.3) is 0 Å². The lowest BCUT2D eigenvalue weighted by molar-refractivity contribution is 0.366. The molecular formula is C16H14ClNO. The van der Waals surface area contributed by atoms with E-state index in [0.29, 0.717) is 23.9 Å². The van der Waals surface area contributed by atoms with Crippen molar-refractivity contribution in [3.8, 4) is 17.6 Å². The van der Waals surface area contributed by atoms with Crippen molar-refractivity contribution < 1.29 is 4.74 Å². The van der Waals surface area contributed by atoms with Crippen LogP contribution in [0.3, 0.4) is 0 Å². The molecule has 0 spiro atoms. The van der Waals surface area contributed by atoms with Gasteiger partial charge in [-0.05, 0) is 24.3 Å². The Labute approximate surface area is 118 Å². The van der Waals surface area contributed by atoms with Crippen LogP contribution in [0.1, 0.15) is 11.1 Å². The predicted molar refractivity (Wildman–Crippen MR) is 78.2 cm³/mol. The Balaban J connectivity index is 2.01. The van der Waals surface area contributed by atoms with Gasteiger partial charge in [0.2, 0.25) is 0 Å². The van der Waals surface area contributed by atoms with Crippen LogP contribution in [-0.2, 0) is 6.54 Å². The maximum Gasteiger partial charge on any atom is 0.149 e. The van der Waals surface area contributed by atoms with Crippen molar-refractivity contribution in [3.05, 3.63) is 64.7 Å². The summed E-state index contributed by atoms with van der Waals surface area (Å²) < 4.78 is 5.59. The zero-order valence-corrected chi connectivity index (χ0v) is 11.2. The summed E-state index contributed by atoms with van der Waals surface area (Å²) in [7, 11) is 0. The Morgan fingerprint density at radius 2 is 1.84 bits per heavy atom. The number of ether oxygens (including phenoxy) is 1. The van der Waals surface area contributed by atoms with Gasteiger partial charge in [-0.25, -0.2) is 0 Å². The highest BCUT2D eigenvalue weighted by Crippen LogP contribution is 2.25. The van der Waals surface area contributed by atoms with Gasteiger partial charge in [-0.15, -0.1) is 0 Å². The Hall–Kier alpha value is -1.95. The number of hydrogen-bond donors (Lipinski definition) is 1. The number of nitrogens with two attached hydrogens (primary N) is 1. The van der Waals surface area contributed by atoms with Crippen molar-refractivity contribution in [1.29, 1.82) is 0 Å². The standard InChI is InChI=1S/C16H14ClNO/c17-15-9-4-10-16(14(15)12-18)19-11-5-8-13-6-2-1-3-7-13/h1-4,6-7,9-10H,11-12,18H2. The second-order valence-corrected chi connectivity index (χ2v) is 4.28. The van der Waals surface area contributed by atoms with E-state index in [9.17, 15) is 0 Å². The molecule has 0 aliphatic rings. The largest absolute Gasteiger partial charge is 0.481 e. The van der Waals surface area contributed by atoms with Crippen molar-refractivity contribution in [1.82, 2.24) is 0 Å². The molecule has 96 valence electrons. The Morgan fingerprint density at radius 3 is 2.58 bits per heavy atom. The van der Waals surface area contributed by atoms with Gasteiger partial charge < -0.3 is 10.5 Å². The van der Waals surface area contributed by atoms with E-state index >= 15 is 0 Å². The molecule has 0 saturated carbocycles. The van der Waals surface area contributed by atoms with Crippen LogP contribution in [0.4, 0.5) is 0 Å². The Kier molecular flexibility index (Phi) is 4.85. The fourth-order valence-electron chi connectivity index (χ4n) is 1.65. The lowest BCUT2D eigenvalue weighted by atomic mass is 10.2. The van der Waals surface area contributed by atoms with Gasteiger partial charge in [0.05, 0.1) is 0 Å². The first-order valence-electron chi connectivity index (χ1n) is 5.95. The summed E-state index contributed by atoms with van der Waals surface area (Å²) in [5, 5.41) is 0.621. The zero-order chi connectivity index (χ0) is 13.5. The molecule has 2 nitrogen and oxygen atoms in total. The van der Waals surface area contributed by atoms with Crippen LogP contribution < -0.4 is 10.5 Å². The smallest absolute Gasteiger partial charge is 0.149 e. The van der Waals surface area contributed by atoms with Gasteiger partial charge >= 0.3 is 0 Å². The second-order valence-electron chi connectivity index (χ2n) is 3.88. The topological polar surface area (TPSA) is 35.2 Å². The first kappa shape index (κ1) is 13.5. The van der Waals surface area contributed by atoms with E-state index in [2.05, 4.69) is 11.8 Å². The minimum Gasteiger partial charge on any atom is -0.481 e. The number of rotatable bonds is 3. The number of benzene rings is 2. The van der Waals surface area contributed by atoms with Crippen molar-refractivity contribution in [2.75, 3.05) is 6.61 Å². The highest BCUT2D eigenvalue weighted by molar-refractivity contribution is 6.31. The molecule has 0 radical (unpaired) electrons. The molecule has 0 aliphatic heterocycles. The predicted octanol–water partition coefficient (Wildman–Crippen LogP) is 3.23. The SMILES string of the molecule is NCc1c(Cl)cccc1OCC#Cc1ccccc1. The highest BCUT2D eigenvalue weighted by Gasteiger charge is 2.05. The average molecular weight is 272 g/mol. The fourth-order valence-corrected chi connectivity index (χ4v) is 1.89. The molecule has 3 heteroatoms. The molecule has 2 aromatic rings. The third-order valence-corrected chi connectivity index (χ3v) is 2.94. The van der Waals surface area contributed by atoms with E-state index in [-0.39, 0.29) is 0 Å². The molecule has 0 aliphatic carbocycles. The fraction of sp³-hybridized carbons (Fsp3) is 0.125. The van der Waals surface area contributed by atoms with Crippen molar-refractivity contribution in [3.63, 3.8) is 0 Å². The van der Waals surface area contributed by atoms with Crippen molar-refractivity contribution in [2.24, 2.45) is 5.73 Å². The lowest BCUT2D eigenvalue weighted by Crippen LogP contribution is -2.03. The zero-order valence-electron chi connectivity index (χ0n) is 10.4. The summed E-state index contributed by atoms with van der Waals surface area (Å²) in [6.07, 6.45) is 0. The van der Waals surface area contributed by atoms with E-state index in [4.69, 9.17) is 22.1 Å². The van der Waals surface area contributed by atoms with Crippen LogP contribution in [-0.4, -0.2) is 6.61 Å². The van der Waals surface area contributed by atoms with Crippen LogP contribution in [0, 0.1) is 11.8 Å². The molecule has 0 unspecified atom stereocenters. The third-order valence-electron chi connectivity index (χ3n) is 2.59. The molecular weight excluding hydrogens is 258 g/mol. The van der Waals surface area contributed by atoms with E-state index in [0.717, 1.165) is 11.1 Å². The number of hydrogen-bond acceptors (Lipinski definition) is 2. The Bertz CT molecular complexity index is 599. The number of halogens is 1. The van der Waals surface area contributed by atoms with E-state index in [1.807, 2.05) is 42.5 Å². The van der Waals surface area contributed by atoms with Crippen LogP contribution in [0.15, 0.2) is 48.5 Å².